The molecule has 0 heterocycles. The molecule has 1 aromatic carbocycles. The number of para-hydroxylation sites is 1. The monoisotopic (exact) mass is 334 g/mol. The summed E-state index contributed by atoms with van der Waals surface area (Å²) < 4.78 is 5.51. The van der Waals surface area contributed by atoms with E-state index in [4.69, 9.17) is 16.2 Å². The lowest BCUT2D eigenvalue weighted by molar-refractivity contribution is -0.163. The van der Waals surface area contributed by atoms with E-state index in [1.807, 2.05) is 39.0 Å². The van der Waals surface area contributed by atoms with Gasteiger partial charge in [0.05, 0.1) is 11.3 Å². The Morgan fingerprint density at radius 2 is 1.88 bits per heavy atom. The maximum absolute atomic E-state index is 12.6. The van der Waals surface area contributed by atoms with Crippen molar-refractivity contribution in [3.63, 3.8) is 0 Å². The van der Waals surface area contributed by atoms with Crippen LogP contribution in [0.3, 0.4) is 0 Å². The van der Waals surface area contributed by atoms with Crippen LogP contribution in [-0.4, -0.2) is 24.4 Å². The summed E-state index contributed by atoms with van der Waals surface area (Å²) in [5.41, 5.74) is 11.3. The Kier molecular flexibility index (Phi) is 6.96. The van der Waals surface area contributed by atoms with Crippen molar-refractivity contribution in [2.75, 3.05) is 12.3 Å². The molecule has 0 amide bonds. The van der Waals surface area contributed by atoms with Gasteiger partial charge in [-0.3, -0.25) is 4.79 Å². The molecule has 0 saturated carbocycles. The lowest BCUT2D eigenvalue weighted by atomic mass is 9.68. The molecule has 24 heavy (non-hydrogen) atoms. The van der Waals surface area contributed by atoms with Crippen LogP contribution in [0.2, 0.25) is 0 Å². The molecule has 1 aromatic rings. The van der Waals surface area contributed by atoms with Crippen LogP contribution in [-0.2, 0) is 19.7 Å². The third-order valence-electron chi connectivity index (χ3n) is 4.25. The quantitative estimate of drug-likeness (QED) is 0.330. The van der Waals surface area contributed by atoms with Crippen molar-refractivity contribution >= 4 is 17.9 Å². The van der Waals surface area contributed by atoms with Crippen LogP contribution in [0.15, 0.2) is 24.3 Å². The Labute approximate surface area is 144 Å². The number of aldehydes is 1. The highest BCUT2D eigenvalue weighted by Gasteiger charge is 2.44. The van der Waals surface area contributed by atoms with Gasteiger partial charge in [0, 0.05) is 5.69 Å². The number of anilines is 1. The fraction of sp³-hybridized carbons (Fsp3) is 0.579. The molecule has 4 N–H and O–H groups in total. The summed E-state index contributed by atoms with van der Waals surface area (Å²) in [6, 6.07) is 7.20. The first kappa shape index (κ1) is 20.2. The average molecular weight is 334 g/mol. The van der Waals surface area contributed by atoms with Crippen molar-refractivity contribution in [1.29, 1.82) is 0 Å². The van der Waals surface area contributed by atoms with Crippen molar-refractivity contribution in [2.45, 2.75) is 58.0 Å². The predicted molar refractivity (Wildman–Crippen MR) is 96.5 cm³/mol. The summed E-state index contributed by atoms with van der Waals surface area (Å²) in [6.07, 6.45) is 2.87. The summed E-state index contributed by atoms with van der Waals surface area (Å²) in [4.78, 5) is 24.8. The Hall–Kier alpha value is -1.88. The molecule has 0 spiro atoms. The third kappa shape index (κ3) is 4.81. The molecular formula is C19H30N2O3. The molecule has 0 aromatic heterocycles. The van der Waals surface area contributed by atoms with Crippen LogP contribution in [0.5, 0.6) is 0 Å². The zero-order valence-corrected chi connectivity index (χ0v) is 15.2. The molecule has 2 unspecified atom stereocenters. The van der Waals surface area contributed by atoms with E-state index in [0.717, 1.165) is 19.1 Å². The highest BCUT2D eigenvalue weighted by Crippen LogP contribution is 2.39. The van der Waals surface area contributed by atoms with Crippen molar-refractivity contribution in [2.24, 2.45) is 11.7 Å². The van der Waals surface area contributed by atoms with Gasteiger partial charge in [0.25, 0.3) is 0 Å². The number of hydrogen-bond acceptors (Lipinski definition) is 5. The highest BCUT2D eigenvalue weighted by molar-refractivity contribution is 5.84. The van der Waals surface area contributed by atoms with E-state index in [2.05, 4.69) is 0 Å². The second-order valence-electron chi connectivity index (χ2n) is 7.25. The average Bonchev–Trinajstić information content (AvgIpc) is 2.50. The van der Waals surface area contributed by atoms with Gasteiger partial charge in [0.1, 0.15) is 11.9 Å². The minimum Gasteiger partial charge on any atom is -0.460 e. The van der Waals surface area contributed by atoms with Crippen LogP contribution in [0.1, 0.15) is 52.5 Å². The predicted octanol–water partition coefficient (Wildman–Crippen LogP) is 2.81. The van der Waals surface area contributed by atoms with Gasteiger partial charge in [-0.05, 0) is 51.8 Å². The van der Waals surface area contributed by atoms with Gasteiger partial charge in [-0.25, -0.2) is 0 Å². The molecule has 0 radical (unpaired) electrons. The Morgan fingerprint density at radius 3 is 2.38 bits per heavy atom. The number of nitrogen functional groups attached to an aromatic ring is 1. The molecule has 0 aliphatic rings. The summed E-state index contributed by atoms with van der Waals surface area (Å²) >= 11 is 0. The van der Waals surface area contributed by atoms with Gasteiger partial charge in [0.15, 0.2) is 0 Å². The number of rotatable bonds is 8. The van der Waals surface area contributed by atoms with Gasteiger partial charge in [0.2, 0.25) is 0 Å². The molecule has 5 nitrogen and oxygen atoms in total. The van der Waals surface area contributed by atoms with E-state index in [9.17, 15) is 9.59 Å². The van der Waals surface area contributed by atoms with Crippen LogP contribution in [0.25, 0.3) is 0 Å². The highest BCUT2D eigenvalue weighted by atomic mass is 16.6. The van der Waals surface area contributed by atoms with E-state index in [1.54, 1.807) is 13.0 Å². The number of ether oxygens (including phenoxy) is 1. The molecule has 0 aliphatic heterocycles. The second-order valence-corrected chi connectivity index (χ2v) is 7.25. The lowest BCUT2D eigenvalue weighted by Gasteiger charge is -2.36. The molecule has 0 fully saturated rings. The summed E-state index contributed by atoms with van der Waals surface area (Å²) in [6.45, 7) is 7.71. The Morgan fingerprint density at radius 1 is 1.25 bits per heavy atom. The number of hydrogen-bond donors (Lipinski definition) is 2. The van der Waals surface area contributed by atoms with Gasteiger partial charge in [-0.2, -0.15) is 0 Å². The largest absolute Gasteiger partial charge is 0.460 e. The molecule has 1 rings (SSSR count). The fourth-order valence-corrected chi connectivity index (χ4v) is 2.89. The number of carbonyl (C=O) groups is 2. The molecule has 0 saturated heterocycles. The van der Waals surface area contributed by atoms with Crippen molar-refractivity contribution in [1.82, 2.24) is 0 Å². The number of carbonyl (C=O) groups excluding carboxylic acids is 2. The number of esters is 1. The minimum absolute atomic E-state index is 0.398. The molecule has 5 heteroatoms. The maximum Gasteiger partial charge on any atom is 0.310 e. The Balaban J connectivity index is 3.28. The number of nitrogens with two attached hydrogens (primary N) is 2. The first-order valence-corrected chi connectivity index (χ1v) is 8.42. The summed E-state index contributed by atoms with van der Waals surface area (Å²) in [7, 11) is 0. The SMILES string of the molecule is CC(C(=O)OC(C)(C)C)C(C=O)(CCCCN)c1ccccc1N. The summed E-state index contributed by atoms with van der Waals surface area (Å²) in [5.74, 6) is -1.04. The van der Waals surface area contributed by atoms with Crippen LogP contribution < -0.4 is 11.5 Å². The standard InChI is InChI=1S/C19H30N2O3/c1-14(17(23)24-18(2,3)4)19(13-22,11-7-8-12-20)15-9-5-6-10-16(15)21/h5-6,9-10,13-14H,7-8,11-12,20-21H2,1-4H3. The van der Waals surface area contributed by atoms with Crippen molar-refractivity contribution in [3.8, 4) is 0 Å². The Bertz CT molecular complexity index is 566. The van der Waals surface area contributed by atoms with E-state index < -0.39 is 22.9 Å². The fourth-order valence-electron chi connectivity index (χ4n) is 2.89. The van der Waals surface area contributed by atoms with Gasteiger partial charge in [-0.1, -0.05) is 31.5 Å². The third-order valence-corrected chi connectivity index (χ3v) is 4.25. The molecular weight excluding hydrogens is 304 g/mol. The number of benzene rings is 1. The zero-order valence-electron chi connectivity index (χ0n) is 15.2. The molecule has 134 valence electrons. The molecule has 0 aliphatic carbocycles. The van der Waals surface area contributed by atoms with E-state index in [0.29, 0.717) is 24.2 Å². The van der Waals surface area contributed by atoms with E-state index in [1.165, 1.54) is 0 Å². The van der Waals surface area contributed by atoms with E-state index in [-0.39, 0.29) is 0 Å². The lowest BCUT2D eigenvalue weighted by Crippen LogP contribution is -2.43. The number of unbranched alkanes of at least 4 members (excludes halogenated alkanes) is 1. The van der Waals surface area contributed by atoms with Gasteiger partial charge >= 0.3 is 5.97 Å². The van der Waals surface area contributed by atoms with Crippen LogP contribution in [0, 0.1) is 5.92 Å². The normalized spacial score (nSPS) is 15.4. The van der Waals surface area contributed by atoms with Crippen LogP contribution in [0.4, 0.5) is 5.69 Å². The topological polar surface area (TPSA) is 95.4 Å². The first-order valence-electron chi connectivity index (χ1n) is 8.42. The second kappa shape index (κ2) is 8.29. The van der Waals surface area contributed by atoms with Gasteiger partial charge in [-0.15, -0.1) is 0 Å². The molecule has 2 atom stereocenters. The first-order chi connectivity index (χ1) is 11.2. The zero-order chi connectivity index (χ0) is 18.4. The summed E-state index contributed by atoms with van der Waals surface area (Å²) in [5, 5.41) is 0. The molecule has 0 bridgehead atoms. The minimum atomic E-state index is -1.01. The smallest absolute Gasteiger partial charge is 0.310 e. The van der Waals surface area contributed by atoms with E-state index >= 15 is 0 Å². The maximum atomic E-state index is 12.6. The van der Waals surface area contributed by atoms with Gasteiger partial charge < -0.3 is 21.0 Å². The van der Waals surface area contributed by atoms with Crippen molar-refractivity contribution < 1.29 is 14.3 Å². The van der Waals surface area contributed by atoms with Crippen LogP contribution >= 0.6 is 0 Å². The van der Waals surface area contributed by atoms with Crippen molar-refractivity contribution in [3.05, 3.63) is 29.8 Å².